The SMILES string of the molecule is O=C(CCN1C(=O)c2ccccc2S1(=O)=O)Nc1ccc(Br)cc1. The Kier molecular flexibility index (Phi) is 4.42. The molecule has 0 atom stereocenters. The summed E-state index contributed by atoms with van der Waals surface area (Å²) in [5.74, 6) is -0.960. The second-order valence-electron chi connectivity index (χ2n) is 5.18. The van der Waals surface area contributed by atoms with Crippen LogP contribution < -0.4 is 5.32 Å². The van der Waals surface area contributed by atoms with E-state index in [4.69, 9.17) is 0 Å². The Morgan fingerprint density at radius 1 is 1.08 bits per heavy atom. The van der Waals surface area contributed by atoms with Gasteiger partial charge in [0.2, 0.25) is 5.91 Å². The Hall–Kier alpha value is -2.19. The number of nitrogens with one attached hydrogen (secondary N) is 1. The topological polar surface area (TPSA) is 83.6 Å². The van der Waals surface area contributed by atoms with Crippen molar-refractivity contribution in [2.75, 3.05) is 11.9 Å². The Morgan fingerprint density at radius 3 is 2.42 bits per heavy atom. The lowest BCUT2D eigenvalue weighted by atomic mass is 10.2. The van der Waals surface area contributed by atoms with Gasteiger partial charge in [0.25, 0.3) is 15.9 Å². The molecule has 0 radical (unpaired) electrons. The van der Waals surface area contributed by atoms with Crippen molar-refractivity contribution < 1.29 is 18.0 Å². The number of carbonyl (C=O) groups excluding carboxylic acids is 2. The van der Waals surface area contributed by atoms with Gasteiger partial charge in [-0.1, -0.05) is 28.1 Å². The number of benzene rings is 2. The summed E-state index contributed by atoms with van der Waals surface area (Å²) < 4.78 is 26.4. The zero-order valence-electron chi connectivity index (χ0n) is 12.4. The van der Waals surface area contributed by atoms with Gasteiger partial charge in [0.1, 0.15) is 4.90 Å². The van der Waals surface area contributed by atoms with E-state index in [1.54, 1.807) is 36.4 Å². The monoisotopic (exact) mass is 408 g/mol. The molecule has 0 bridgehead atoms. The maximum absolute atomic E-state index is 12.4. The lowest BCUT2D eigenvalue weighted by Crippen LogP contribution is -2.33. The lowest BCUT2D eigenvalue weighted by molar-refractivity contribution is -0.116. The van der Waals surface area contributed by atoms with Gasteiger partial charge < -0.3 is 5.32 Å². The molecule has 0 aromatic heterocycles. The van der Waals surface area contributed by atoms with Crippen LogP contribution >= 0.6 is 15.9 Å². The van der Waals surface area contributed by atoms with Crippen molar-refractivity contribution in [2.24, 2.45) is 0 Å². The first-order valence-electron chi connectivity index (χ1n) is 7.11. The minimum absolute atomic E-state index is 0.0108. The summed E-state index contributed by atoms with van der Waals surface area (Å²) in [6, 6.07) is 13.0. The predicted molar refractivity (Wildman–Crippen MR) is 92.1 cm³/mol. The fraction of sp³-hybridized carbons (Fsp3) is 0.125. The molecule has 1 aliphatic heterocycles. The van der Waals surface area contributed by atoms with Crippen LogP contribution in [0.1, 0.15) is 16.8 Å². The van der Waals surface area contributed by atoms with Crippen LogP contribution in [0.2, 0.25) is 0 Å². The number of anilines is 1. The Bertz CT molecular complexity index is 910. The van der Waals surface area contributed by atoms with Crippen LogP contribution in [0.15, 0.2) is 57.9 Å². The molecule has 1 N–H and O–H groups in total. The van der Waals surface area contributed by atoms with Gasteiger partial charge in [-0.05, 0) is 36.4 Å². The Morgan fingerprint density at radius 2 is 1.75 bits per heavy atom. The van der Waals surface area contributed by atoms with Crippen molar-refractivity contribution in [3.05, 3.63) is 58.6 Å². The van der Waals surface area contributed by atoms with Crippen molar-refractivity contribution in [1.82, 2.24) is 4.31 Å². The molecule has 1 aliphatic rings. The fourth-order valence-corrected chi connectivity index (χ4v) is 4.25. The van der Waals surface area contributed by atoms with Crippen LogP contribution in [0.4, 0.5) is 5.69 Å². The lowest BCUT2D eigenvalue weighted by Gasteiger charge is -2.14. The molecule has 0 unspecified atom stereocenters. The first kappa shape index (κ1) is 16.7. The zero-order chi connectivity index (χ0) is 17.3. The van der Waals surface area contributed by atoms with Gasteiger partial charge in [-0.3, -0.25) is 9.59 Å². The molecule has 2 aromatic carbocycles. The molecule has 6 nitrogen and oxygen atoms in total. The van der Waals surface area contributed by atoms with E-state index in [2.05, 4.69) is 21.2 Å². The number of hydrogen-bond donors (Lipinski definition) is 1. The highest BCUT2D eigenvalue weighted by atomic mass is 79.9. The third kappa shape index (κ3) is 3.07. The molecule has 0 aliphatic carbocycles. The quantitative estimate of drug-likeness (QED) is 0.842. The normalized spacial score (nSPS) is 15.2. The predicted octanol–water partition coefficient (Wildman–Crippen LogP) is 2.62. The molecule has 124 valence electrons. The number of nitrogens with zero attached hydrogens (tertiary/aromatic N) is 1. The van der Waals surface area contributed by atoms with Gasteiger partial charge in [0, 0.05) is 23.1 Å². The summed E-state index contributed by atoms with van der Waals surface area (Å²) in [7, 11) is -3.87. The standard InChI is InChI=1S/C16H13BrN2O4S/c17-11-5-7-12(8-6-11)18-15(20)9-10-19-16(21)13-3-1-2-4-14(13)24(19,22)23/h1-8H,9-10H2,(H,18,20). The smallest absolute Gasteiger partial charge is 0.269 e. The van der Waals surface area contributed by atoms with Crippen molar-refractivity contribution in [2.45, 2.75) is 11.3 Å². The second-order valence-corrected chi connectivity index (χ2v) is 7.93. The van der Waals surface area contributed by atoms with Gasteiger partial charge in [0.15, 0.2) is 0 Å². The van der Waals surface area contributed by atoms with E-state index in [1.807, 2.05) is 0 Å². The number of rotatable bonds is 4. The van der Waals surface area contributed by atoms with Crippen molar-refractivity contribution in [3.8, 4) is 0 Å². The third-order valence-electron chi connectivity index (χ3n) is 3.58. The van der Waals surface area contributed by atoms with E-state index >= 15 is 0 Å². The molecule has 0 fully saturated rings. The molecule has 2 amide bonds. The summed E-state index contributed by atoms with van der Waals surface area (Å²) in [4.78, 5) is 24.2. The van der Waals surface area contributed by atoms with Crippen LogP contribution in [0.3, 0.4) is 0 Å². The van der Waals surface area contributed by atoms with Crippen molar-refractivity contribution in [1.29, 1.82) is 0 Å². The highest BCUT2D eigenvalue weighted by Crippen LogP contribution is 2.29. The highest BCUT2D eigenvalue weighted by Gasteiger charge is 2.40. The fourth-order valence-electron chi connectivity index (χ4n) is 2.41. The molecule has 2 aromatic rings. The van der Waals surface area contributed by atoms with E-state index in [0.29, 0.717) is 5.69 Å². The molecule has 1 heterocycles. The number of halogens is 1. The molecule has 24 heavy (non-hydrogen) atoms. The van der Waals surface area contributed by atoms with Gasteiger partial charge in [-0.2, -0.15) is 0 Å². The minimum Gasteiger partial charge on any atom is -0.326 e. The first-order valence-corrected chi connectivity index (χ1v) is 9.34. The average molecular weight is 409 g/mol. The number of sulfonamides is 1. The molecule has 0 saturated heterocycles. The van der Waals surface area contributed by atoms with Crippen molar-refractivity contribution >= 4 is 43.5 Å². The van der Waals surface area contributed by atoms with Crippen LogP contribution in [0.25, 0.3) is 0 Å². The number of amides is 2. The largest absolute Gasteiger partial charge is 0.326 e. The van der Waals surface area contributed by atoms with E-state index in [1.165, 1.54) is 12.1 Å². The summed E-state index contributed by atoms with van der Waals surface area (Å²) in [6.45, 7) is -0.196. The summed E-state index contributed by atoms with van der Waals surface area (Å²) in [5, 5.41) is 2.66. The highest BCUT2D eigenvalue weighted by molar-refractivity contribution is 9.10. The van der Waals surface area contributed by atoms with E-state index in [0.717, 1.165) is 8.78 Å². The summed E-state index contributed by atoms with van der Waals surface area (Å²) in [5.41, 5.74) is 0.743. The van der Waals surface area contributed by atoms with Gasteiger partial charge in [-0.25, -0.2) is 12.7 Å². The molecule has 8 heteroatoms. The van der Waals surface area contributed by atoms with Gasteiger partial charge >= 0.3 is 0 Å². The number of hydrogen-bond acceptors (Lipinski definition) is 4. The maximum atomic E-state index is 12.4. The summed E-state index contributed by atoms with van der Waals surface area (Å²) in [6.07, 6.45) is -0.116. The summed E-state index contributed by atoms with van der Waals surface area (Å²) >= 11 is 3.30. The van der Waals surface area contributed by atoms with E-state index in [-0.39, 0.29) is 29.3 Å². The zero-order valence-corrected chi connectivity index (χ0v) is 14.8. The maximum Gasteiger partial charge on any atom is 0.269 e. The Labute approximate surface area is 147 Å². The van der Waals surface area contributed by atoms with Crippen molar-refractivity contribution in [3.63, 3.8) is 0 Å². The molecular formula is C16H13BrN2O4S. The first-order chi connectivity index (χ1) is 11.4. The average Bonchev–Trinajstić information content (AvgIpc) is 2.75. The number of carbonyl (C=O) groups is 2. The van der Waals surface area contributed by atoms with E-state index < -0.39 is 15.9 Å². The van der Waals surface area contributed by atoms with E-state index in [9.17, 15) is 18.0 Å². The molecular weight excluding hydrogens is 396 g/mol. The van der Waals surface area contributed by atoms with Crippen LogP contribution in [-0.2, 0) is 14.8 Å². The molecule has 0 saturated carbocycles. The second kappa shape index (κ2) is 6.37. The van der Waals surface area contributed by atoms with Crippen LogP contribution in [-0.4, -0.2) is 31.1 Å². The third-order valence-corrected chi connectivity index (χ3v) is 5.95. The number of fused-ring (bicyclic) bond motifs is 1. The molecule has 3 rings (SSSR count). The van der Waals surface area contributed by atoms with Gasteiger partial charge in [0.05, 0.1) is 5.56 Å². The van der Waals surface area contributed by atoms with Crippen LogP contribution in [0, 0.1) is 0 Å². The Balaban J connectivity index is 1.68. The van der Waals surface area contributed by atoms with Gasteiger partial charge in [-0.15, -0.1) is 0 Å². The molecule has 0 spiro atoms. The van der Waals surface area contributed by atoms with Crippen LogP contribution in [0.5, 0.6) is 0 Å². The minimum atomic E-state index is -3.87.